The molecular formula is C15H21N3O3. The molecule has 21 heavy (non-hydrogen) atoms. The quantitative estimate of drug-likeness (QED) is 0.679. The largest absolute Gasteiger partial charge is 0.391 e. The fourth-order valence-corrected chi connectivity index (χ4v) is 3.62. The molecule has 2 bridgehead atoms. The number of benzene rings is 1. The Balaban J connectivity index is 1.85. The van der Waals surface area contributed by atoms with E-state index < -0.39 is 4.92 Å². The van der Waals surface area contributed by atoms with Crippen molar-refractivity contribution >= 4 is 11.4 Å². The average molecular weight is 291 g/mol. The van der Waals surface area contributed by atoms with Crippen LogP contribution in [0.1, 0.15) is 24.8 Å². The first-order chi connectivity index (χ1) is 10.1. The van der Waals surface area contributed by atoms with Gasteiger partial charge in [0.1, 0.15) is 0 Å². The third kappa shape index (κ3) is 2.61. The highest BCUT2D eigenvalue weighted by Gasteiger charge is 2.34. The number of nitro benzene ring substituents is 1. The molecular weight excluding hydrogens is 270 g/mol. The van der Waals surface area contributed by atoms with Crippen LogP contribution < -0.4 is 4.90 Å². The Morgan fingerprint density at radius 3 is 2.81 bits per heavy atom. The Labute approximate surface area is 124 Å². The second-order valence-electron chi connectivity index (χ2n) is 6.01. The molecule has 0 aliphatic carbocycles. The highest BCUT2D eigenvalue weighted by molar-refractivity contribution is 5.56. The minimum absolute atomic E-state index is 0.00490. The SMILES string of the molecule is CN1C2CCC1CN(c1ccc([N+](=O)[O-])c(CO)c1)CC2. The van der Waals surface area contributed by atoms with Crippen molar-refractivity contribution in [2.75, 3.05) is 25.0 Å². The summed E-state index contributed by atoms with van der Waals surface area (Å²) < 4.78 is 0. The number of nitrogens with zero attached hydrogens (tertiary/aromatic N) is 3. The molecule has 2 heterocycles. The van der Waals surface area contributed by atoms with Gasteiger partial charge in [-0.2, -0.15) is 0 Å². The first-order valence-corrected chi connectivity index (χ1v) is 7.45. The van der Waals surface area contributed by atoms with Crippen molar-refractivity contribution in [1.29, 1.82) is 0 Å². The van der Waals surface area contributed by atoms with E-state index >= 15 is 0 Å². The molecule has 0 radical (unpaired) electrons. The standard InChI is InChI=1S/C15H21N3O3/c1-16-12-2-3-14(16)9-17(7-6-12)13-4-5-15(18(20)21)11(8-13)10-19/h4-5,8,12,14,19H,2-3,6-7,9-10H2,1H3. The van der Waals surface area contributed by atoms with Gasteiger partial charge < -0.3 is 10.0 Å². The highest BCUT2D eigenvalue weighted by Crippen LogP contribution is 2.32. The Hall–Kier alpha value is -1.66. The molecule has 1 aromatic carbocycles. The van der Waals surface area contributed by atoms with E-state index in [4.69, 9.17) is 0 Å². The second kappa shape index (κ2) is 5.61. The van der Waals surface area contributed by atoms with Gasteiger partial charge in [0, 0.05) is 36.9 Å². The lowest BCUT2D eigenvalue weighted by Gasteiger charge is -2.27. The minimum atomic E-state index is -0.437. The third-order valence-corrected chi connectivity index (χ3v) is 4.94. The molecule has 6 heteroatoms. The zero-order valence-corrected chi connectivity index (χ0v) is 12.2. The molecule has 2 saturated heterocycles. The summed E-state index contributed by atoms with van der Waals surface area (Å²) >= 11 is 0. The molecule has 2 atom stereocenters. The molecule has 2 aliphatic heterocycles. The van der Waals surface area contributed by atoms with Gasteiger partial charge in [0.15, 0.2) is 0 Å². The van der Waals surface area contributed by atoms with Gasteiger partial charge in [-0.3, -0.25) is 15.0 Å². The Kier molecular flexibility index (Phi) is 3.82. The lowest BCUT2D eigenvalue weighted by atomic mass is 10.1. The summed E-state index contributed by atoms with van der Waals surface area (Å²) in [6, 6.07) is 6.29. The molecule has 0 aromatic heterocycles. The number of likely N-dealkylation sites (N-methyl/N-ethyl adjacent to an activating group) is 1. The molecule has 114 valence electrons. The van der Waals surface area contributed by atoms with Crippen LogP contribution in [-0.2, 0) is 6.61 Å². The molecule has 2 aliphatic rings. The van der Waals surface area contributed by atoms with Crippen molar-refractivity contribution in [3.63, 3.8) is 0 Å². The van der Waals surface area contributed by atoms with Gasteiger partial charge in [-0.05, 0) is 38.4 Å². The summed E-state index contributed by atoms with van der Waals surface area (Å²) in [7, 11) is 2.20. The van der Waals surface area contributed by atoms with Gasteiger partial charge in [0.2, 0.25) is 0 Å². The zero-order valence-electron chi connectivity index (χ0n) is 12.2. The molecule has 2 unspecified atom stereocenters. The fourth-order valence-electron chi connectivity index (χ4n) is 3.62. The zero-order chi connectivity index (χ0) is 15.0. The van der Waals surface area contributed by atoms with Crippen LogP contribution >= 0.6 is 0 Å². The van der Waals surface area contributed by atoms with Gasteiger partial charge in [-0.25, -0.2) is 0 Å². The number of aliphatic hydroxyl groups is 1. The molecule has 6 nitrogen and oxygen atoms in total. The Bertz CT molecular complexity index is 549. The van der Waals surface area contributed by atoms with E-state index in [0.29, 0.717) is 17.6 Å². The van der Waals surface area contributed by atoms with E-state index in [1.165, 1.54) is 18.9 Å². The van der Waals surface area contributed by atoms with Crippen LogP contribution in [0.25, 0.3) is 0 Å². The number of rotatable bonds is 3. The summed E-state index contributed by atoms with van der Waals surface area (Å²) in [4.78, 5) is 15.3. The van der Waals surface area contributed by atoms with Gasteiger partial charge in [-0.15, -0.1) is 0 Å². The molecule has 2 fully saturated rings. The topological polar surface area (TPSA) is 69.9 Å². The molecule has 0 amide bonds. The number of anilines is 1. The van der Waals surface area contributed by atoms with E-state index in [9.17, 15) is 15.2 Å². The molecule has 1 aromatic rings. The van der Waals surface area contributed by atoms with E-state index in [1.54, 1.807) is 12.1 Å². The van der Waals surface area contributed by atoms with Crippen molar-refractivity contribution in [3.8, 4) is 0 Å². The molecule has 3 rings (SSSR count). The van der Waals surface area contributed by atoms with Crippen molar-refractivity contribution in [2.45, 2.75) is 38.0 Å². The summed E-state index contributed by atoms with van der Waals surface area (Å²) in [6.45, 7) is 1.62. The summed E-state index contributed by atoms with van der Waals surface area (Å²) in [5.41, 5.74) is 1.36. The second-order valence-corrected chi connectivity index (χ2v) is 6.01. The monoisotopic (exact) mass is 291 g/mol. The van der Waals surface area contributed by atoms with Crippen molar-refractivity contribution in [1.82, 2.24) is 4.90 Å². The molecule has 1 N–H and O–H groups in total. The van der Waals surface area contributed by atoms with Crippen LogP contribution in [0, 0.1) is 10.1 Å². The minimum Gasteiger partial charge on any atom is -0.391 e. The van der Waals surface area contributed by atoms with Crippen molar-refractivity contribution < 1.29 is 10.0 Å². The average Bonchev–Trinajstić information content (AvgIpc) is 2.71. The van der Waals surface area contributed by atoms with E-state index in [1.807, 2.05) is 0 Å². The maximum atomic E-state index is 10.9. The summed E-state index contributed by atoms with van der Waals surface area (Å²) in [5.74, 6) is 0. The first-order valence-electron chi connectivity index (χ1n) is 7.45. The van der Waals surface area contributed by atoms with E-state index in [0.717, 1.165) is 25.2 Å². The lowest BCUT2D eigenvalue weighted by molar-refractivity contribution is -0.385. The molecule has 0 saturated carbocycles. The van der Waals surface area contributed by atoms with Crippen LogP contribution in [0.15, 0.2) is 18.2 Å². The lowest BCUT2D eigenvalue weighted by Crippen LogP contribution is -2.36. The normalized spacial score (nSPS) is 25.9. The number of aliphatic hydroxyl groups excluding tert-OH is 1. The number of hydrogen-bond acceptors (Lipinski definition) is 5. The van der Waals surface area contributed by atoms with Crippen molar-refractivity contribution in [2.24, 2.45) is 0 Å². The fraction of sp³-hybridized carbons (Fsp3) is 0.600. The van der Waals surface area contributed by atoms with Crippen molar-refractivity contribution in [3.05, 3.63) is 33.9 Å². The number of hydrogen-bond donors (Lipinski definition) is 1. The van der Waals surface area contributed by atoms with Crippen LogP contribution in [0.2, 0.25) is 0 Å². The number of nitro groups is 1. The maximum absolute atomic E-state index is 10.9. The molecule has 0 spiro atoms. The van der Waals surface area contributed by atoms with Gasteiger partial charge in [0.25, 0.3) is 5.69 Å². The van der Waals surface area contributed by atoms with E-state index in [-0.39, 0.29) is 12.3 Å². The van der Waals surface area contributed by atoms with Crippen LogP contribution in [-0.4, -0.2) is 47.2 Å². The first kappa shape index (κ1) is 14.3. The smallest absolute Gasteiger partial charge is 0.275 e. The highest BCUT2D eigenvalue weighted by atomic mass is 16.6. The van der Waals surface area contributed by atoms with Gasteiger partial charge in [0.05, 0.1) is 17.1 Å². The summed E-state index contributed by atoms with van der Waals surface area (Å²) in [6.07, 6.45) is 3.62. The third-order valence-electron chi connectivity index (χ3n) is 4.94. The van der Waals surface area contributed by atoms with Gasteiger partial charge in [-0.1, -0.05) is 0 Å². The summed E-state index contributed by atoms with van der Waals surface area (Å²) in [5, 5.41) is 20.3. The Morgan fingerprint density at radius 1 is 1.33 bits per heavy atom. The predicted octanol–water partition coefficient (Wildman–Crippen LogP) is 1.76. The predicted molar refractivity (Wildman–Crippen MR) is 80.4 cm³/mol. The maximum Gasteiger partial charge on any atom is 0.275 e. The van der Waals surface area contributed by atoms with Crippen LogP contribution in [0.4, 0.5) is 11.4 Å². The van der Waals surface area contributed by atoms with Crippen LogP contribution in [0.5, 0.6) is 0 Å². The number of fused-ring (bicyclic) bond motifs is 2. The van der Waals surface area contributed by atoms with E-state index in [2.05, 4.69) is 16.8 Å². The van der Waals surface area contributed by atoms with Crippen LogP contribution in [0.3, 0.4) is 0 Å². The van der Waals surface area contributed by atoms with Gasteiger partial charge >= 0.3 is 0 Å². The Morgan fingerprint density at radius 2 is 2.10 bits per heavy atom.